The van der Waals surface area contributed by atoms with E-state index in [1.54, 1.807) is 25.7 Å². The minimum absolute atomic E-state index is 0.124. The highest BCUT2D eigenvalue weighted by Gasteiger charge is 2.29. The quantitative estimate of drug-likeness (QED) is 0.807. The molecule has 0 aliphatic carbocycles. The Morgan fingerprint density at radius 3 is 2.08 bits per heavy atom. The standard InChI is InChI=1S/C18H34N2O5/c1-17(2,3)24-15(22)19-10-7-14(21)13-8-11-20(12-9-13)16(23)25-18(4,5)6/h13-14,21H,7-12H2,1-6H3,(H,19,22). The van der Waals surface area contributed by atoms with E-state index in [2.05, 4.69) is 5.32 Å². The number of rotatable bonds is 4. The number of ether oxygens (including phenoxy) is 2. The highest BCUT2D eigenvalue weighted by Crippen LogP contribution is 2.23. The second-order valence-corrected chi connectivity index (χ2v) is 8.59. The van der Waals surface area contributed by atoms with E-state index >= 15 is 0 Å². The molecule has 1 aliphatic rings. The summed E-state index contributed by atoms with van der Waals surface area (Å²) in [4.78, 5) is 25.3. The van der Waals surface area contributed by atoms with Crippen LogP contribution in [0, 0.1) is 5.92 Å². The van der Waals surface area contributed by atoms with Gasteiger partial charge in [-0.3, -0.25) is 0 Å². The van der Waals surface area contributed by atoms with Crippen LogP contribution >= 0.6 is 0 Å². The molecule has 1 rings (SSSR count). The van der Waals surface area contributed by atoms with Crippen LogP contribution < -0.4 is 5.32 Å². The number of hydrogen-bond donors (Lipinski definition) is 2. The zero-order valence-corrected chi connectivity index (χ0v) is 16.4. The van der Waals surface area contributed by atoms with Crippen LogP contribution in [0.25, 0.3) is 0 Å². The van der Waals surface area contributed by atoms with Crippen molar-refractivity contribution < 1.29 is 24.2 Å². The number of aliphatic hydroxyl groups excluding tert-OH is 1. The van der Waals surface area contributed by atoms with Gasteiger partial charge in [0.25, 0.3) is 0 Å². The van der Waals surface area contributed by atoms with Gasteiger partial charge in [-0.15, -0.1) is 0 Å². The molecule has 2 amide bonds. The van der Waals surface area contributed by atoms with Crippen LogP contribution in [0.1, 0.15) is 60.8 Å². The summed E-state index contributed by atoms with van der Waals surface area (Å²) < 4.78 is 10.5. The lowest BCUT2D eigenvalue weighted by Crippen LogP contribution is -2.44. The summed E-state index contributed by atoms with van der Waals surface area (Å²) in [6.45, 7) is 12.5. The summed E-state index contributed by atoms with van der Waals surface area (Å²) >= 11 is 0. The van der Waals surface area contributed by atoms with Crippen molar-refractivity contribution in [2.24, 2.45) is 5.92 Å². The number of alkyl carbamates (subject to hydrolysis) is 1. The highest BCUT2D eigenvalue weighted by molar-refractivity contribution is 5.68. The van der Waals surface area contributed by atoms with E-state index in [1.165, 1.54) is 0 Å². The molecule has 1 aliphatic heterocycles. The van der Waals surface area contributed by atoms with Gasteiger partial charge < -0.3 is 24.8 Å². The average molecular weight is 358 g/mol. The fraction of sp³-hybridized carbons (Fsp3) is 0.889. The minimum atomic E-state index is -0.531. The number of carbonyl (C=O) groups is 2. The normalized spacial score (nSPS) is 17.8. The van der Waals surface area contributed by atoms with Gasteiger partial charge in [-0.2, -0.15) is 0 Å². The van der Waals surface area contributed by atoms with E-state index < -0.39 is 23.4 Å². The molecule has 0 bridgehead atoms. The van der Waals surface area contributed by atoms with Crippen LogP contribution in [0.3, 0.4) is 0 Å². The largest absolute Gasteiger partial charge is 0.444 e. The van der Waals surface area contributed by atoms with Gasteiger partial charge in [-0.1, -0.05) is 0 Å². The monoisotopic (exact) mass is 358 g/mol. The molecule has 1 saturated heterocycles. The third kappa shape index (κ3) is 8.95. The summed E-state index contributed by atoms with van der Waals surface area (Å²) in [6, 6.07) is 0. The Balaban J connectivity index is 2.28. The average Bonchev–Trinajstić information content (AvgIpc) is 2.43. The Kier molecular flexibility index (Phi) is 7.53. The van der Waals surface area contributed by atoms with Crippen LogP contribution in [0.5, 0.6) is 0 Å². The van der Waals surface area contributed by atoms with Gasteiger partial charge in [0, 0.05) is 19.6 Å². The van der Waals surface area contributed by atoms with Crippen molar-refractivity contribution >= 4 is 12.2 Å². The zero-order chi connectivity index (χ0) is 19.3. The molecule has 0 radical (unpaired) electrons. The van der Waals surface area contributed by atoms with Gasteiger partial charge in [0.1, 0.15) is 11.2 Å². The lowest BCUT2D eigenvalue weighted by Gasteiger charge is -2.35. The summed E-state index contributed by atoms with van der Waals surface area (Å²) in [6.07, 6.45) is 0.651. The van der Waals surface area contributed by atoms with Gasteiger partial charge in [-0.25, -0.2) is 9.59 Å². The molecule has 1 fully saturated rings. The van der Waals surface area contributed by atoms with E-state index in [0.717, 1.165) is 12.8 Å². The zero-order valence-electron chi connectivity index (χ0n) is 16.4. The molecule has 0 aromatic rings. The van der Waals surface area contributed by atoms with Crippen LogP contribution in [-0.2, 0) is 9.47 Å². The SMILES string of the molecule is CC(C)(C)OC(=O)NCCC(O)C1CCN(C(=O)OC(C)(C)C)CC1. The molecule has 0 spiro atoms. The number of piperidine rings is 1. The van der Waals surface area contributed by atoms with Gasteiger partial charge in [0.2, 0.25) is 0 Å². The number of hydrogen-bond acceptors (Lipinski definition) is 5. The molecule has 0 aromatic carbocycles. The molecule has 1 heterocycles. The van der Waals surface area contributed by atoms with Crippen molar-refractivity contribution in [2.45, 2.75) is 78.1 Å². The number of carbonyl (C=O) groups excluding carboxylic acids is 2. The van der Waals surface area contributed by atoms with E-state index in [-0.39, 0.29) is 12.0 Å². The molecular formula is C18H34N2O5. The Hall–Kier alpha value is -1.50. The Morgan fingerprint density at radius 1 is 1.08 bits per heavy atom. The van der Waals surface area contributed by atoms with Gasteiger partial charge in [0.05, 0.1) is 6.10 Å². The first kappa shape index (κ1) is 21.5. The second-order valence-electron chi connectivity index (χ2n) is 8.59. The predicted octanol–water partition coefficient (Wildman–Crippen LogP) is 2.91. The minimum Gasteiger partial charge on any atom is -0.444 e. The number of nitrogens with one attached hydrogen (secondary N) is 1. The molecule has 146 valence electrons. The highest BCUT2D eigenvalue weighted by atomic mass is 16.6. The second kappa shape index (κ2) is 8.74. The van der Waals surface area contributed by atoms with Crippen molar-refractivity contribution in [3.63, 3.8) is 0 Å². The summed E-state index contributed by atoms with van der Waals surface area (Å²) in [5.74, 6) is 0.124. The van der Waals surface area contributed by atoms with Crippen molar-refractivity contribution in [3.8, 4) is 0 Å². The summed E-state index contributed by atoms with van der Waals surface area (Å²) in [5, 5.41) is 13.0. The predicted molar refractivity (Wildman–Crippen MR) is 95.4 cm³/mol. The maximum atomic E-state index is 12.0. The Bertz CT molecular complexity index is 445. The van der Waals surface area contributed by atoms with Crippen LogP contribution in [-0.4, -0.2) is 59.1 Å². The van der Waals surface area contributed by atoms with E-state index in [0.29, 0.717) is 26.1 Å². The first-order valence-corrected chi connectivity index (χ1v) is 9.00. The molecule has 2 N–H and O–H groups in total. The molecule has 0 aromatic heterocycles. The molecule has 7 heteroatoms. The topological polar surface area (TPSA) is 88.1 Å². The fourth-order valence-corrected chi connectivity index (χ4v) is 2.67. The first-order chi connectivity index (χ1) is 11.4. The van der Waals surface area contributed by atoms with Crippen molar-refractivity contribution in [1.82, 2.24) is 10.2 Å². The summed E-state index contributed by atoms with van der Waals surface area (Å²) in [7, 11) is 0. The molecule has 1 unspecified atom stereocenters. The molecule has 1 atom stereocenters. The third-order valence-electron chi connectivity index (χ3n) is 3.84. The van der Waals surface area contributed by atoms with E-state index in [9.17, 15) is 14.7 Å². The van der Waals surface area contributed by atoms with Gasteiger partial charge in [0.15, 0.2) is 0 Å². The van der Waals surface area contributed by atoms with Crippen LogP contribution in [0.15, 0.2) is 0 Å². The van der Waals surface area contributed by atoms with Gasteiger partial charge >= 0.3 is 12.2 Å². The van der Waals surface area contributed by atoms with E-state index in [4.69, 9.17) is 9.47 Å². The van der Waals surface area contributed by atoms with Crippen LogP contribution in [0.2, 0.25) is 0 Å². The molecule has 0 saturated carbocycles. The molecule has 25 heavy (non-hydrogen) atoms. The fourth-order valence-electron chi connectivity index (χ4n) is 2.67. The van der Waals surface area contributed by atoms with Crippen molar-refractivity contribution in [2.75, 3.05) is 19.6 Å². The maximum absolute atomic E-state index is 12.0. The van der Waals surface area contributed by atoms with Gasteiger partial charge in [-0.05, 0) is 66.7 Å². The van der Waals surface area contributed by atoms with Crippen LogP contribution in [0.4, 0.5) is 9.59 Å². The third-order valence-corrected chi connectivity index (χ3v) is 3.84. The first-order valence-electron chi connectivity index (χ1n) is 9.00. The number of amides is 2. The number of nitrogens with zero attached hydrogens (tertiary/aromatic N) is 1. The Morgan fingerprint density at radius 2 is 1.60 bits per heavy atom. The molecular weight excluding hydrogens is 324 g/mol. The molecule has 7 nitrogen and oxygen atoms in total. The smallest absolute Gasteiger partial charge is 0.410 e. The lowest BCUT2D eigenvalue weighted by atomic mass is 9.90. The van der Waals surface area contributed by atoms with Crippen molar-refractivity contribution in [3.05, 3.63) is 0 Å². The maximum Gasteiger partial charge on any atom is 0.410 e. The summed E-state index contributed by atoms with van der Waals surface area (Å²) in [5.41, 5.74) is -1.03. The lowest BCUT2D eigenvalue weighted by molar-refractivity contribution is 0.00651. The van der Waals surface area contributed by atoms with E-state index in [1.807, 2.05) is 20.8 Å². The number of aliphatic hydroxyl groups is 1. The van der Waals surface area contributed by atoms with Crippen molar-refractivity contribution in [1.29, 1.82) is 0 Å². The Labute approximate surface area is 151 Å². The number of likely N-dealkylation sites (tertiary alicyclic amines) is 1.